The number of anilines is 1. The number of hydrogen-bond donors (Lipinski definition) is 1. The predicted molar refractivity (Wildman–Crippen MR) is 136 cm³/mol. The molecule has 1 N–H and O–H groups in total. The van der Waals surface area contributed by atoms with Gasteiger partial charge in [-0.15, -0.1) is 5.10 Å². The molecule has 36 heavy (non-hydrogen) atoms. The number of pyridine rings is 1. The highest BCUT2D eigenvalue weighted by Crippen LogP contribution is 2.29. The lowest BCUT2D eigenvalue weighted by molar-refractivity contribution is 0.181. The Morgan fingerprint density at radius 3 is 2.67 bits per heavy atom. The summed E-state index contributed by atoms with van der Waals surface area (Å²) in [6, 6.07) is 17.7. The fourth-order valence-electron chi connectivity index (χ4n) is 4.57. The maximum atomic E-state index is 9.36. The minimum atomic E-state index is 0.333. The van der Waals surface area contributed by atoms with Crippen LogP contribution in [-0.2, 0) is 17.9 Å². The average Bonchev–Trinajstić information content (AvgIpc) is 3.53. The van der Waals surface area contributed by atoms with Crippen LogP contribution < -0.4 is 5.32 Å². The van der Waals surface area contributed by atoms with Gasteiger partial charge in [-0.3, -0.25) is 4.98 Å². The van der Waals surface area contributed by atoms with Crippen molar-refractivity contribution in [2.45, 2.75) is 45.4 Å². The van der Waals surface area contributed by atoms with E-state index in [0.29, 0.717) is 48.0 Å². The van der Waals surface area contributed by atoms with Crippen molar-refractivity contribution in [1.29, 1.82) is 5.26 Å². The molecular weight excluding hydrogens is 452 g/mol. The van der Waals surface area contributed by atoms with Crippen molar-refractivity contribution >= 4 is 5.95 Å². The van der Waals surface area contributed by atoms with Crippen LogP contribution in [0.2, 0.25) is 0 Å². The van der Waals surface area contributed by atoms with E-state index in [4.69, 9.17) is 14.7 Å². The van der Waals surface area contributed by atoms with E-state index in [2.05, 4.69) is 33.6 Å². The molecule has 2 atom stereocenters. The summed E-state index contributed by atoms with van der Waals surface area (Å²) in [5.74, 6) is 1.12. The normalized spacial score (nSPS) is 17.1. The van der Waals surface area contributed by atoms with Gasteiger partial charge in [-0.1, -0.05) is 36.8 Å². The molecule has 0 radical (unpaired) electrons. The molecule has 0 unspecified atom stereocenters. The highest BCUT2D eigenvalue weighted by molar-refractivity contribution is 5.68. The lowest BCUT2D eigenvalue weighted by Crippen LogP contribution is -2.23. The van der Waals surface area contributed by atoms with Gasteiger partial charge in [0.15, 0.2) is 0 Å². The topological polar surface area (TPSA) is 114 Å². The summed E-state index contributed by atoms with van der Waals surface area (Å²) in [4.78, 5) is 14.2. The summed E-state index contributed by atoms with van der Waals surface area (Å²) in [7, 11) is 1.65. The maximum Gasteiger partial charge on any atom is 0.224 e. The number of ether oxygens (including phenoxy) is 1. The minimum Gasteiger partial charge on any atom is -0.378 e. The van der Waals surface area contributed by atoms with Gasteiger partial charge in [0.25, 0.3) is 0 Å². The Bertz CT molecular complexity index is 1390. The smallest absolute Gasteiger partial charge is 0.224 e. The maximum absolute atomic E-state index is 9.36. The van der Waals surface area contributed by atoms with E-state index in [1.54, 1.807) is 17.9 Å². The molecule has 0 aliphatic heterocycles. The Labute approximate surface area is 210 Å². The molecule has 0 saturated heterocycles. The first-order valence-corrected chi connectivity index (χ1v) is 12.1. The van der Waals surface area contributed by atoms with E-state index in [1.165, 1.54) is 12.8 Å². The number of nitrogens with one attached hydrogen (secondary N) is 1. The fraction of sp³-hybridized carbons (Fsp3) is 0.333. The molecule has 1 aliphatic carbocycles. The SMILES string of the molecule is COCc1cccc(Cn2cc(-c3cc(-c4cccc(C#N)c4)nc(N[C@@H]4CCC[C@H]4C)n3)nn2)n1. The Kier molecular flexibility index (Phi) is 6.96. The molecule has 9 nitrogen and oxygen atoms in total. The number of nitrogens with zero attached hydrogens (tertiary/aromatic N) is 7. The van der Waals surface area contributed by atoms with Crippen molar-refractivity contribution in [2.75, 3.05) is 12.4 Å². The molecule has 3 heterocycles. The molecule has 1 saturated carbocycles. The van der Waals surface area contributed by atoms with Crippen molar-refractivity contribution in [3.8, 4) is 28.7 Å². The first-order valence-electron chi connectivity index (χ1n) is 12.1. The summed E-state index contributed by atoms with van der Waals surface area (Å²) in [5.41, 5.74) is 5.22. The van der Waals surface area contributed by atoms with Gasteiger partial charge in [0.05, 0.1) is 53.8 Å². The zero-order chi connectivity index (χ0) is 24.9. The Morgan fingerprint density at radius 1 is 1.03 bits per heavy atom. The fourth-order valence-corrected chi connectivity index (χ4v) is 4.57. The molecule has 0 bridgehead atoms. The Balaban J connectivity index is 1.47. The van der Waals surface area contributed by atoms with Crippen LogP contribution in [0, 0.1) is 17.2 Å². The Morgan fingerprint density at radius 2 is 1.86 bits per heavy atom. The second-order valence-corrected chi connectivity index (χ2v) is 9.17. The van der Waals surface area contributed by atoms with Gasteiger partial charge in [-0.05, 0) is 49.1 Å². The lowest BCUT2D eigenvalue weighted by atomic mass is 10.1. The summed E-state index contributed by atoms with van der Waals surface area (Å²) >= 11 is 0. The molecule has 3 aromatic heterocycles. The minimum absolute atomic E-state index is 0.333. The molecule has 5 rings (SSSR count). The highest BCUT2D eigenvalue weighted by atomic mass is 16.5. The number of methoxy groups -OCH3 is 1. The van der Waals surface area contributed by atoms with Crippen LogP contribution in [-0.4, -0.2) is 43.1 Å². The van der Waals surface area contributed by atoms with E-state index < -0.39 is 0 Å². The molecule has 1 aliphatic rings. The van der Waals surface area contributed by atoms with Gasteiger partial charge in [0.1, 0.15) is 5.69 Å². The number of benzene rings is 1. The number of hydrogen-bond acceptors (Lipinski definition) is 8. The quantitative estimate of drug-likeness (QED) is 0.393. The molecule has 9 heteroatoms. The van der Waals surface area contributed by atoms with Crippen LogP contribution in [0.5, 0.6) is 0 Å². The first-order chi connectivity index (χ1) is 17.6. The molecular formula is C27H28N8O. The third-order valence-corrected chi connectivity index (χ3v) is 6.47. The third-order valence-electron chi connectivity index (χ3n) is 6.47. The van der Waals surface area contributed by atoms with Gasteiger partial charge >= 0.3 is 0 Å². The first kappa shape index (κ1) is 23.6. The van der Waals surface area contributed by atoms with Crippen molar-refractivity contribution in [1.82, 2.24) is 29.9 Å². The highest BCUT2D eigenvalue weighted by Gasteiger charge is 2.24. The van der Waals surface area contributed by atoms with Crippen LogP contribution in [0.25, 0.3) is 22.6 Å². The number of aromatic nitrogens is 6. The van der Waals surface area contributed by atoms with Crippen LogP contribution >= 0.6 is 0 Å². The van der Waals surface area contributed by atoms with Gasteiger partial charge in [0.2, 0.25) is 5.95 Å². The molecule has 4 aromatic rings. The van der Waals surface area contributed by atoms with E-state index in [9.17, 15) is 5.26 Å². The summed E-state index contributed by atoms with van der Waals surface area (Å²) < 4.78 is 6.94. The van der Waals surface area contributed by atoms with Crippen LogP contribution in [0.1, 0.15) is 43.1 Å². The van der Waals surface area contributed by atoms with Gasteiger partial charge in [0, 0.05) is 18.7 Å². The molecule has 0 amide bonds. The summed E-state index contributed by atoms with van der Waals surface area (Å²) in [6.07, 6.45) is 5.36. The van der Waals surface area contributed by atoms with Crippen LogP contribution in [0.3, 0.4) is 0 Å². The van der Waals surface area contributed by atoms with Crippen molar-refractivity contribution in [3.05, 3.63) is 71.7 Å². The standard InChI is InChI=1S/C27H28N8O/c1-18-6-3-11-23(18)30-27-31-24(20-8-4-7-19(12-20)14-28)13-25(32-27)26-16-35(34-33-26)15-21-9-5-10-22(29-21)17-36-2/h4-5,7-10,12-13,16,18,23H,3,6,11,15,17H2,1-2H3,(H,30,31,32)/t18-,23-/m1/s1. The van der Waals surface area contributed by atoms with Crippen molar-refractivity contribution in [2.24, 2.45) is 5.92 Å². The zero-order valence-electron chi connectivity index (χ0n) is 20.4. The monoisotopic (exact) mass is 480 g/mol. The van der Waals surface area contributed by atoms with Gasteiger partial charge in [-0.2, -0.15) is 5.26 Å². The summed E-state index contributed by atoms with van der Waals surface area (Å²) in [6.45, 7) is 3.20. The third kappa shape index (κ3) is 5.39. The van der Waals surface area contributed by atoms with Crippen LogP contribution in [0.15, 0.2) is 54.7 Å². The lowest BCUT2D eigenvalue weighted by Gasteiger charge is -2.18. The van der Waals surface area contributed by atoms with E-state index in [1.807, 2.05) is 48.7 Å². The van der Waals surface area contributed by atoms with Crippen molar-refractivity contribution in [3.63, 3.8) is 0 Å². The predicted octanol–water partition coefficient (Wildman–Crippen LogP) is 4.46. The summed E-state index contributed by atoms with van der Waals surface area (Å²) in [5, 5.41) is 21.6. The number of rotatable bonds is 8. The number of nitriles is 1. The average molecular weight is 481 g/mol. The van der Waals surface area contributed by atoms with Crippen LogP contribution in [0.4, 0.5) is 5.95 Å². The largest absolute Gasteiger partial charge is 0.378 e. The van der Waals surface area contributed by atoms with E-state index in [0.717, 1.165) is 29.1 Å². The molecule has 1 fully saturated rings. The van der Waals surface area contributed by atoms with E-state index >= 15 is 0 Å². The second kappa shape index (κ2) is 10.6. The van der Waals surface area contributed by atoms with Gasteiger partial charge < -0.3 is 10.1 Å². The second-order valence-electron chi connectivity index (χ2n) is 9.17. The Hall–Kier alpha value is -4.16. The van der Waals surface area contributed by atoms with Gasteiger partial charge in [-0.25, -0.2) is 14.6 Å². The molecule has 0 spiro atoms. The van der Waals surface area contributed by atoms with Crippen molar-refractivity contribution < 1.29 is 4.74 Å². The van der Waals surface area contributed by atoms with E-state index in [-0.39, 0.29) is 0 Å². The molecule has 1 aromatic carbocycles. The zero-order valence-corrected chi connectivity index (χ0v) is 20.4. The molecule has 182 valence electrons.